The van der Waals surface area contributed by atoms with E-state index in [4.69, 9.17) is 5.11 Å². The van der Waals surface area contributed by atoms with Crippen LogP contribution in [0.1, 0.15) is 27.7 Å². The second-order valence-corrected chi connectivity index (χ2v) is 5.19. The lowest BCUT2D eigenvalue weighted by molar-refractivity contribution is 0.220. The van der Waals surface area contributed by atoms with E-state index in [-0.39, 0.29) is 11.6 Å². The van der Waals surface area contributed by atoms with Crippen LogP contribution < -0.4 is 0 Å². The number of hydrogen-bond acceptors (Lipinski definition) is 5. The van der Waals surface area contributed by atoms with Crippen LogP contribution in [0, 0.1) is 0 Å². The highest BCUT2D eigenvalue weighted by atomic mass is 32.2. The zero-order chi connectivity index (χ0) is 10.8. The van der Waals surface area contributed by atoms with E-state index in [1.165, 1.54) is 11.8 Å². The van der Waals surface area contributed by atoms with Gasteiger partial charge in [0, 0.05) is 5.75 Å². The van der Waals surface area contributed by atoms with E-state index in [1.807, 2.05) is 20.8 Å². The molecule has 0 aromatic carbocycles. The van der Waals surface area contributed by atoms with Crippen LogP contribution in [0.2, 0.25) is 0 Å². The van der Waals surface area contributed by atoms with Gasteiger partial charge in [0.2, 0.25) is 5.16 Å². The normalized spacial score (nSPS) is 14.4. The molecule has 0 spiro atoms. The Morgan fingerprint density at radius 1 is 1.50 bits per heavy atom. The molecule has 0 amide bonds. The summed E-state index contributed by atoms with van der Waals surface area (Å²) in [6.45, 7) is 7.86. The van der Waals surface area contributed by atoms with Gasteiger partial charge in [-0.25, -0.2) is 4.68 Å². The van der Waals surface area contributed by atoms with E-state index in [2.05, 4.69) is 15.5 Å². The van der Waals surface area contributed by atoms with Crippen molar-refractivity contribution in [2.24, 2.45) is 0 Å². The predicted octanol–water partition coefficient (Wildman–Crippen LogP) is 0.901. The Balaban J connectivity index is 2.73. The van der Waals surface area contributed by atoms with Gasteiger partial charge in [0.1, 0.15) is 0 Å². The molecular weight excluding hydrogens is 200 g/mol. The molecule has 1 rings (SSSR count). The number of tetrazole rings is 1. The second kappa shape index (κ2) is 4.27. The minimum atomic E-state index is -0.342. The Kier molecular flexibility index (Phi) is 3.49. The summed E-state index contributed by atoms with van der Waals surface area (Å²) in [5, 5.41) is 21.3. The Hall–Kier alpha value is -0.620. The summed E-state index contributed by atoms with van der Waals surface area (Å²) in [6, 6.07) is 0. The molecule has 6 heteroatoms. The zero-order valence-electron chi connectivity index (χ0n) is 8.93. The number of thioether (sulfide) groups is 1. The monoisotopic (exact) mass is 216 g/mol. The van der Waals surface area contributed by atoms with E-state index in [0.29, 0.717) is 5.75 Å². The molecule has 0 aliphatic carbocycles. The minimum Gasteiger partial charge on any atom is -0.393 e. The van der Waals surface area contributed by atoms with Gasteiger partial charge < -0.3 is 5.11 Å². The van der Waals surface area contributed by atoms with Crippen molar-refractivity contribution in [1.82, 2.24) is 20.2 Å². The number of aliphatic hydroxyl groups excluding tert-OH is 1. The van der Waals surface area contributed by atoms with Crippen LogP contribution in [-0.4, -0.2) is 37.2 Å². The largest absolute Gasteiger partial charge is 0.393 e. The van der Waals surface area contributed by atoms with Crippen LogP contribution in [0.4, 0.5) is 0 Å². The summed E-state index contributed by atoms with van der Waals surface area (Å²) in [4.78, 5) is 0. The first-order valence-electron chi connectivity index (χ1n) is 4.51. The van der Waals surface area contributed by atoms with Crippen molar-refractivity contribution in [3.63, 3.8) is 0 Å². The van der Waals surface area contributed by atoms with E-state index >= 15 is 0 Å². The lowest BCUT2D eigenvalue weighted by atomic mass is 10.1. The first-order chi connectivity index (χ1) is 6.41. The molecule has 1 N–H and O–H groups in total. The van der Waals surface area contributed by atoms with Crippen molar-refractivity contribution < 1.29 is 5.11 Å². The fourth-order valence-corrected chi connectivity index (χ4v) is 1.80. The molecule has 0 fully saturated rings. The summed E-state index contributed by atoms with van der Waals surface area (Å²) in [7, 11) is 0. The maximum atomic E-state index is 9.15. The third-order valence-corrected chi connectivity index (χ3v) is 2.69. The Bertz CT molecular complexity index is 292. The lowest BCUT2D eigenvalue weighted by Gasteiger charge is -2.19. The fourth-order valence-electron chi connectivity index (χ4n) is 0.885. The number of rotatable bonds is 3. The first-order valence-corrected chi connectivity index (χ1v) is 5.49. The summed E-state index contributed by atoms with van der Waals surface area (Å²) < 4.78 is 1.76. The SMILES string of the molecule is CC(O)CSc1nnnn1C(C)(C)C. The van der Waals surface area contributed by atoms with Crippen LogP contribution in [0.5, 0.6) is 0 Å². The maximum absolute atomic E-state index is 9.15. The van der Waals surface area contributed by atoms with Gasteiger partial charge in [-0.15, -0.1) is 5.10 Å². The van der Waals surface area contributed by atoms with Gasteiger partial charge in [0.25, 0.3) is 0 Å². The van der Waals surface area contributed by atoms with Crippen molar-refractivity contribution in [2.75, 3.05) is 5.75 Å². The molecule has 0 saturated heterocycles. The fraction of sp³-hybridized carbons (Fsp3) is 0.875. The van der Waals surface area contributed by atoms with Gasteiger partial charge in [-0.05, 0) is 38.1 Å². The van der Waals surface area contributed by atoms with Crippen molar-refractivity contribution in [1.29, 1.82) is 0 Å². The molecule has 0 aliphatic heterocycles. The van der Waals surface area contributed by atoms with Crippen LogP contribution in [-0.2, 0) is 5.54 Å². The predicted molar refractivity (Wildman–Crippen MR) is 55.2 cm³/mol. The molecule has 1 atom stereocenters. The van der Waals surface area contributed by atoms with E-state index in [0.717, 1.165) is 5.16 Å². The summed E-state index contributed by atoms with van der Waals surface area (Å²) in [5.41, 5.74) is -0.121. The highest BCUT2D eigenvalue weighted by Crippen LogP contribution is 2.21. The lowest BCUT2D eigenvalue weighted by Crippen LogP contribution is -2.24. The molecular formula is C8H16N4OS. The standard InChI is InChI=1S/C8H16N4OS/c1-6(13)5-14-7-9-10-11-12(7)8(2,3)4/h6,13H,5H2,1-4H3. The van der Waals surface area contributed by atoms with Gasteiger partial charge in [-0.1, -0.05) is 11.8 Å². The van der Waals surface area contributed by atoms with Gasteiger partial charge >= 0.3 is 0 Å². The second-order valence-electron chi connectivity index (χ2n) is 4.20. The molecule has 1 unspecified atom stereocenters. The topological polar surface area (TPSA) is 63.8 Å². The summed E-state index contributed by atoms with van der Waals surface area (Å²) in [5.74, 6) is 0.608. The van der Waals surface area contributed by atoms with Crippen molar-refractivity contribution in [3.8, 4) is 0 Å². The summed E-state index contributed by atoms with van der Waals surface area (Å²) >= 11 is 1.47. The average molecular weight is 216 g/mol. The zero-order valence-corrected chi connectivity index (χ0v) is 9.75. The molecule has 0 bridgehead atoms. The molecule has 1 aromatic heterocycles. The van der Waals surface area contributed by atoms with Crippen LogP contribution in [0.15, 0.2) is 5.16 Å². The molecule has 5 nitrogen and oxygen atoms in total. The van der Waals surface area contributed by atoms with E-state index in [1.54, 1.807) is 11.6 Å². The molecule has 0 radical (unpaired) electrons. The highest BCUT2D eigenvalue weighted by Gasteiger charge is 2.19. The summed E-state index contributed by atoms with van der Waals surface area (Å²) in [6.07, 6.45) is -0.342. The minimum absolute atomic E-state index is 0.121. The highest BCUT2D eigenvalue weighted by molar-refractivity contribution is 7.99. The molecule has 80 valence electrons. The third kappa shape index (κ3) is 2.95. The molecule has 1 heterocycles. The van der Waals surface area contributed by atoms with Gasteiger partial charge in [0.15, 0.2) is 0 Å². The van der Waals surface area contributed by atoms with Crippen molar-refractivity contribution in [3.05, 3.63) is 0 Å². The molecule has 1 aromatic rings. The molecule has 0 aliphatic rings. The number of hydrogen-bond donors (Lipinski definition) is 1. The number of aliphatic hydroxyl groups is 1. The molecule has 14 heavy (non-hydrogen) atoms. The van der Waals surface area contributed by atoms with Crippen LogP contribution in [0.3, 0.4) is 0 Å². The maximum Gasteiger partial charge on any atom is 0.209 e. The van der Waals surface area contributed by atoms with E-state index < -0.39 is 0 Å². The first kappa shape index (κ1) is 11.5. The Morgan fingerprint density at radius 2 is 2.14 bits per heavy atom. The van der Waals surface area contributed by atoms with Crippen molar-refractivity contribution >= 4 is 11.8 Å². The number of aromatic nitrogens is 4. The van der Waals surface area contributed by atoms with Crippen LogP contribution >= 0.6 is 11.8 Å². The van der Waals surface area contributed by atoms with Gasteiger partial charge in [0.05, 0.1) is 11.6 Å². The quantitative estimate of drug-likeness (QED) is 0.761. The Labute approximate surface area is 87.9 Å². The van der Waals surface area contributed by atoms with Crippen molar-refractivity contribution in [2.45, 2.75) is 44.5 Å². The number of nitrogens with zero attached hydrogens (tertiary/aromatic N) is 4. The van der Waals surface area contributed by atoms with Crippen LogP contribution in [0.25, 0.3) is 0 Å². The third-order valence-electron chi connectivity index (χ3n) is 1.53. The van der Waals surface area contributed by atoms with E-state index in [9.17, 15) is 0 Å². The Morgan fingerprint density at radius 3 is 2.64 bits per heavy atom. The van der Waals surface area contributed by atoms with Gasteiger partial charge in [-0.3, -0.25) is 0 Å². The van der Waals surface area contributed by atoms with Gasteiger partial charge in [-0.2, -0.15) is 0 Å². The average Bonchev–Trinajstić information content (AvgIpc) is 2.46. The smallest absolute Gasteiger partial charge is 0.209 e. The molecule has 0 saturated carbocycles.